The van der Waals surface area contributed by atoms with Crippen molar-refractivity contribution in [1.82, 2.24) is 5.32 Å². The maximum atomic E-state index is 11.9. The lowest BCUT2D eigenvalue weighted by atomic mass is 10.2. The summed E-state index contributed by atoms with van der Waals surface area (Å²) in [4.78, 5) is 23.4. The molecule has 1 aromatic carbocycles. The predicted octanol–water partition coefficient (Wildman–Crippen LogP) is 1.58. The average Bonchev–Trinajstić information content (AvgIpc) is 2.70. The van der Waals surface area contributed by atoms with Gasteiger partial charge in [0.1, 0.15) is 11.0 Å². The van der Waals surface area contributed by atoms with Gasteiger partial charge in [-0.2, -0.15) is 0 Å². The molecule has 1 saturated heterocycles. The molecule has 6 nitrogen and oxygen atoms in total. The third-order valence-electron chi connectivity index (χ3n) is 2.62. The van der Waals surface area contributed by atoms with E-state index in [1.54, 1.807) is 18.2 Å². The lowest BCUT2D eigenvalue weighted by Gasteiger charge is -2.12. The summed E-state index contributed by atoms with van der Waals surface area (Å²) in [6, 6.07) is 7.13. The Kier molecular flexibility index (Phi) is 4.62. The Morgan fingerprint density at radius 1 is 1.50 bits per heavy atom. The van der Waals surface area contributed by atoms with Crippen molar-refractivity contribution in [2.45, 2.75) is 18.6 Å². The molecule has 1 atom stereocenters. The molecule has 1 fully saturated rings. The van der Waals surface area contributed by atoms with E-state index in [2.05, 4.69) is 10.6 Å². The van der Waals surface area contributed by atoms with E-state index in [1.165, 1.54) is 0 Å². The van der Waals surface area contributed by atoms with Crippen molar-refractivity contribution >= 4 is 34.4 Å². The van der Waals surface area contributed by atoms with Crippen molar-refractivity contribution < 1.29 is 14.3 Å². The van der Waals surface area contributed by atoms with Crippen LogP contribution >= 0.6 is 11.8 Å². The first-order valence-electron chi connectivity index (χ1n) is 6.18. The van der Waals surface area contributed by atoms with E-state index in [1.807, 2.05) is 13.0 Å². The molecule has 0 bridgehead atoms. The van der Waals surface area contributed by atoms with Crippen molar-refractivity contribution in [2.24, 2.45) is 0 Å². The van der Waals surface area contributed by atoms with Gasteiger partial charge in [-0.3, -0.25) is 15.0 Å². The number of anilines is 1. The predicted molar refractivity (Wildman–Crippen MR) is 78.1 cm³/mol. The molecule has 0 spiro atoms. The molecule has 7 heteroatoms. The zero-order chi connectivity index (χ0) is 14.5. The second-order valence-corrected chi connectivity index (χ2v) is 5.32. The Morgan fingerprint density at radius 3 is 2.90 bits per heavy atom. The van der Waals surface area contributed by atoms with Crippen molar-refractivity contribution in [3.63, 3.8) is 0 Å². The van der Waals surface area contributed by atoms with Crippen molar-refractivity contribution in [3.8, 4) is 5.75 Å². The molecular weight excluding hydrogens is 278 g/mol. The lowest BCUT2D eigenvalue weighted by molar-refractivity contribution is -0.122. The zero-order valence-electron chi connectivity index (χ0n) is 10.9. The Labute approximate surface area is 120 Å². The smallest absolute Gasteiger partial charge is 0.240 e. The maximum absolute atomic E-state index is 11.9. The Balaban J connectivity index is 1.98. The van der Waals surface area contributed by atoms with Crippen molar-refractivity contribution in [2.75, 3.05) is 11.9 Å². The molecule has 1 unspecified atom stereocenters. The van der Waals surface area contributed by atoms with E-state index in [4.69, 9.17) is 10.1 Å². The van der Waals surface area contributed by atoms with E-state index in [-0.39, 0.29) is 23.4 Å². The van der Waals surface area contributed by atoms with Crippen LogP contribution in [0, 0.1) is 5.41 Å². The number of amides is 2. The highest BCUT2D eigenvalue weighted by Gasteiger charge is 2.31. The van der Waals surface area contributed by atoms with Gasteiger partial charge in [0.2, 0.25) is 11.8 Å². The van der Waals surface area contributed by atoms with Gasteiger partial charge in [-0.15, -0.1) is 0 Å². The summed E-state index contributed by atoms with van der Waals surface area (Å²) in [5, 5.41) is 12.0. The topological polar surface area (TPSA) is 91.3 Å². The molecule has 0 saturated carbocycles. The Bertz CT molecular complexity index is 547. The lowest BCUT2D eigenvalue weighted by Crippen LogP contribution is -2.27. The van der Waals surface area contributed by atoms with Crippen molar-refractivity contribution in [3.05, 3.63) is 24.3 Å². The quantitative estimate of drug-likeness (QED) is 0.768. The second-order valence-electron chi connectivity index (χ2n) is 4.11. The van der Waals surface area contributed by atoms with Crippen LogP contribution in [0.5, 0.6) is 5.75 Å². The minimum absolute atomic E-state index is 0.0271. The second kappa shape index (κ2) is 6.42. The summed E-state index contributed by atoms with van der Waals surface area (Å²) in [6.07, 6.45) is 0.0271. The first-order chi connectivity index (χ1) is 9.60. The average molecular weight is 293 g/mol. The molecule has 1 aliphatic heterocycles. The number of carbonyl (C=O) groups excluding carboxylic acids is 2. The largest absolute Gasteiger partial charge is 0.492 e. The van der Waals surface area contributed by atoms with Gasteiger partial charge >= 0.3 is 0 Å². The molecule has 3 N–H and O–H groups in total. The highest BCUT2D eigenvalue weighted by atomic mass is 32.2. The number of benzene rings is 1. The summed E-state index contributed by atoms with van der Waals surface area (Å²) in [5.74, 6) is 0.0207. The zero-order valence-corrected chi connectivity index (χ0v) is 11.8. The minimum atomic E-state index is -0.540. The van der Waals surface area contributed by atoms with Gasteiger partial charge in [0.05, 0.1) is 12.3 Å². The summed E-state index contributed by atoms with van der Waals surface area (Å²) < 4.78 is 5.41. The van der Waals surface area contributed by atoms with Gasteiger partial charge in [0.25, 0.3) is 0 Å². The third-order valence-corrected chi connectivity index (χ3v) is 3.62. The SMILES string of the molecule is CCOc1ccccc1NC(=O)CC1SC(=N)NC1=O. The van der Waals surface area contributed by atoms with Crippen LogP contribution in [-0.4, -0.2) is 28.8 Å². The monoisotopic (exact) mass is 293 g/mol. The van der Waals surface area contributed by atoms with Crippen LogP contribution in [0.15, 0.2) is 24.3 Å². The molecule has 0 aromatic heterocycles. The van der Waals surface area contributed by atoms with Crippen LogP contribution in [0.4, 0.5) is 5.69 Å². The summed E-state index contributed by atoms with van der Waals surface area (Å²) >= 11 is 1.06. The van der Waals surface area contributed by atoms with E-state index in [0.29, 0.717) is 18.0 Å². The molecule has 0 radical (unpaired) electrons. The van der Waals surface area contributed by atoms with E-state index < -0.39 is 5.25 Å². The minimum Gasteiger partial charge on any atom is -0.492 e. The first kappa shape index (κ1) is 14.4. The van der Waals surface area contributed by atoms with Crippen LogP contribution in [-0.2, 0) is 9.59 Å². The molecule has 1 heterocycles. The van der Waals surface area contributed by atoms with Gasteiger partial charge in [0, 0.05) is 6.42 Å². The normalized spacial score (nSPS) is 17.8. The fourth-order valence-corrected chi connectivity index (χ4v) is 2.62. The number of carbonyl (C=O) groups is 2. The van der Waals surface area contributed by atoms with Gasteiger partial charge in [-0.05, 0) is 19.1 Å². The first-order valence-corrected chi connectivity index (χ1v) is 7.06. The fourth-order valence-electron chi connectivity index (χ4n) is 1.77. The molecular formula is C13H15N3O3S. The maximum Gasteiger partial charge on any atom is 0.240 e. The highest BCUT2D eigenvalue weighted by molar-refractivity contribution is 8.15. The molecule has 1 aromatic rings. The number of rotatable bonds is 5. The fraction of sp³-hybridized carbons (Fsp3) is 0.308. The van der Waals surface area contributed by atoms with E-state index in [9.17, 15) is 9.59 Å². The number of hydrogen-bond donors (Lipinski definition) is 3. The highest BCUT2D eigenvalue weighted by Crippen LogP contribution is 2.25. The number of thioether (sulfide) groups is 1. The van der Waals surface area contributed by atoms with Crippen molar-refractivity contribution in [1.29, 1.82) is 5.41 Å². The summed E-state index contributed by atoms with van der Waals surface area (Å²) in [5.41, 5.74) is 0.581. The standard InChI is InChI=1S/C13H15N3O3S/c1-2-19-9-6-4-3-5-8(9)15-11(17)7-10-12(18)16-13(14)20-10/h3-6,10H,2,7H2,1H3,(H,15,17)(H2,14,16,18). The van der Waals surface area contributed by atoms with Crippen LogP contribution in [0.2, 0.25) is 0 Å². The molecule has 1 aliphatic rings. The number of ether oxygens (including phenoxy) is 1. The number of hydrogen-bond acceptors (Lipinski definition) is 5. The third kappa shape index (κ3) is 3.51. The van der Waals surface area contributed by atoms with E-state index >= 15 is 0 Å². The van der Waals surface area contributed by atoms with E-state index in [0.717, 1.165) is 11.8 Å². The Hall–Kier alpha value is -2.02. The molecule has 2 rings (SSSR count). The molecule has 0 aliphatic carbocycles. The molecule has 106 valence electrons. The van der Waals surface area contributed by atoms with Crippen LogP contribution in [0.25, 0.3) is 0 Å². The number of amidine groups is 1. The van der Waals surface area contributed by atoms with Gasteiger partial charge < -0.3 is 15.4 Å². The summed E-state index contributed by atoms with van der Waals surface area (Å²) in [7, 11) is 0. The summed E-state index contributed by atoms with van der Waals surface area (Å²) in [6.45, 7) is 2.37. The van der Waals surface area contributed by atoms with Crippen LogP contribution in [0.3, 0.4) is 0 Å². The van der Waals surface area contributed by atoms with Gasteiger partial charge in [-0.25, -0.2) is 0 Å². The molecule has 2 amide bonds. The number of nitrogens with one attached hydrogen (secondary N) is 3. The number of para-hydroxylation sites is 2. The Morgan fingerprint density at radius 2 is 2.25 bits per heavy atom. The van der Waals surface area contributed by atoms with Crippen LogP contribution < -0.4 is 15.4 Å². The molecule has 20 heavy (non-hydrogen) atoms. The van der Waals surface area contributed by atoms with Crippen LogP contribution in [0.1, 0.15) is 13.3 Å². The van der Waals surface area contributed by atoms with Gasteiger partial charge in [-0.1, -0.05) is 23.9 Å². The van der Waals surface area contributed by atoms with Gasteiger partial charge in [0.15, 0.2) is 5.17 Å².